The standard InChI is InChI=1S/C10H10N6O2/c11-16-6-13-15-10(16)14-12-5-7-3-1-2-4-8(7)9(17)18/h1-6H,11H2,(H,14,15)(H,17,18)/b12-5-. The highest BCUT2D eigenvalue weighted by atomic mass is 16.4. The van der Waals surface area contributed by atoms with Crippen molar-refractivity contribution in [3.8, 4) is 0 Å². The SMILES string of the molecule is Nn1cnnc1N/N=C\c1ccccc1C(=O)O. The number of aromatic carboxylic acids is 1. The topological polar surface area (TPSA) is 118 Å². The van der Waals surface area contributed by atoms with Gasteiger partial charge in [-0.2, -0.15) is 5.10 Å². The zero-order valence-electron chi connectivity index (χ0n) is 9.19. The highest BCUT2D eigenvalue weighted by Crippen LogP contribution is 2.06. The Morgan fingerprint density at radius 2 is 2.28 bits per heavy atom. The van der Waals surface area contributed by atoms with Gasteiger partial charge in [0.05, 0.1) is 11.8 Å². The predicted octanol–water partition coefficient (Wildman–Crippen LogP) is 0.136. The number of nitrogens with two attached hydrogens (primary N) is 1. The summed E-state index contributed by atoms with van der Waals surface area (Å²) < 4.78 is 1.15. The number of aromatic nitrogens is 3. The molecule has 0 bridgehead atoms. The van der Waals surface area contributed by atoms with E-state index in [1.165, 1.54) is 18.6 Å². The number of hydrazone groups is 1. The minimum Gasteiger partial charge on any atom is -0.478 e. The molecular formula is C10H10N6O2. The summed E-state index contributed by atoms with van der Waals surface area (Å²) in [7, 11) is 0. The maximum atomic E-state index is 10.9. The zero-order chi connectivity index (χ0) is 13.0. The Morgan fingerprint density at radius 1 is 1.50 bits per heavy atom. The second kappa shape index (κ2) is 4.95. The third-order valence-electron chi connectivity index (χ3n) is 2.13. The lowest BCUT2D eigenvalue weighted by molar-refractivity contribution is 0.0697. The first kappa shape index (κ1) is 11.6. The van der Waals surface area contributed by atoms with Gasteiger partial charge >= 0.3 is 5.97 Å². The summed E-state index contributed by atoms with van der Waals surface area (Å²) in [6.45, 7) is 0. The minimum absolute atomic E-state index is 0.164. The van der Waals surface area contributed by atoms with Crippen LogP contribution in [0.2, 0.25) is 0 Å². The van der Waals surface area contributed by atoms with Gasteiger partial charge in [-0.25, -0.2) is 14.9 Å². The molecule has 0 fully saturated rings. The Labute approximate surface area is 102 Å². The lowest BCUT2D eigenvalue weighted by Crippen LogP contribution is -2.10. The number of carboxylic acid groups (broad SMARTS) is 1. The molecule has 0 atom stereocenters. The average Bonchev–Trinajstić information content (AvgIpc) is 2.76. The summed E-state index contributed by atoms with van der Waals surface area (Å²) in [5.74, 6) is 4.69. The maximum absolute atomic E-state index is 10.9. The lowest BCUT2D eigenvalue weighted by atomic mass is 10.1. The molecule has 8 nitrogen and oxygen atoms in total. The van der Waals surface area contributed by atoms with Crippen LogP contribution in [0.1, 0.15) is 15.9 Å². The second-order valence-corrected chi connectivity index (χ2v) is 3.32. The number of rotatable bonds is 4. The fourth-order valence-electron chi connectivity index (χ4n) is 1.29. The van der Waals surface area contributed by atoms with Crippen LogP contribution in [0.3, 0.4) is 0 Å². The van der Waals surface area contributed by atoms with Gasteiger partial charge in [-0.1, -0.05) is 18.2 Å². The largest absolute Gasteiger partial charge is 0.478 e. The quantitative estimate of drug-likeness (QED) is 0.401. The van der Waals surface area contributed by atoms with Crippen LogP contribution in [-0.2, 0) is 0 Å². The molecule has 0 aliphatic carbocycles. The van der Waals surface area contributed by atoms with Gasteiger partial charge in [-0.15, -0.1) is 10.2 Å². The number of hydrogen-bond donors (Lipinski definition) is 3. The van der Waals surface area contributed by atoms with Gasteiger partial charge in [0.15, 0.2) is 0 Å². The molecule has 1 aromatic carbocycles. The molecule has 1 aromatic heterocycles. The Balaban J connectivity index is 2.14. The van der Waals surface area contributed by atoms with Crippen LogP contribution >= 0.6 is 0 Å². The van der Waals surface area contributed by atoms with Crippen molar-refractivity contribution < 1.29 is 9.90 Å². The molecule has 18 heavy (non-hydrogen) atoms. The molecule has 92 valence electrons. The molecule has 2 rings (SSSR count). The van der Waals surface area contributed by atoms with Gasteiger partial charge in [-0.3, -0.25) is 0 Å². The van der Waals surface area contributed by atoms with Gasteiger partial charge in [-0.05, 0) is 6.07 Å². The van der Waals surface area contributed by atoms with Crippen LogP contribution in [0.5, 0.6) is 0 Å². The molecule has 0 radical (unpaired) electrons. The van der Waals surface area contributed by atoms with Crippen molar-refractivity contribution in [3.63, 3.8) is 0 Å². The van der Waals surface area contributed by atoms with Crippen LogP contribution < -0.4 is 11.3 Å². The highest BCUT2D eigenvalue weighted by Gasteiger charge is 2.06. The Morgan fingerprint density at radius 3 is 2.94 bits per heavy atom. The first-order chi connectivity index (χ1) is 8.68. The highest BCUT2D eigenvalue weighted by molar-refractivity contribution is 5.98. The third-order valence-corrected chi connectivity index (χ3v) is 2.13. The number of nitrogens with one attached hydrogen (secondary N) is 1. The van der Waals surface area contributed by atoms with E-state index < -0.39 is 5.97 Å². The number of carbonyl (C=O) groups is 1. The van der Waals surface area contributed by atoms with E-state index in [0.29, 0.717) is 5.56 Å². The molecular weight excluding hydrogens is 236 g/mol. The first-order valence-electron chi connectivity index (χ1n) is 4.95. The fraction of sp³-hybridized carbons (Fsp3) is 0. The second-order valence-electron chi connectivity index (χ2n) is 3.32. The van der Waals surface area contributed by atoms with E-state index in [1.54, 1.807) is 18.2 Å². The van der Waals surface area contributed by atoms with Crippen LogP contribution in [0.15, 0.2) is 35.7 Å². The molecule has 0 saturated heterocycles. The van der Waals surface area contributed by atoms with E-state index in [9.17, 15) is 4.79 Å². The van der Waals surface area contributed by atoms with Gasteiger partial charge in [0.2, 0.25) is 0 Å². The normalized spacial score (nSPS) is 10.7. The zero-order valence-corrected chi connectivity index (χ0v) is 9.19. The Hall–Kier alpha value is -2.90. The smallest absolute Gasteiger partial charge is 0.336 e. The lowest BCUT2D eigenvalue weighted by Gasteiger charge is -2.00. The van der Waals surface area contributed by atoms with Gasteiger partial charge in [0, 0.05) is 5.56 Å². The molecule has 0 unspecified atom stereocenters. The number of anilines is 1. The Bertz CT molecular complexity index is 592. The number of hydrogen-bond acceptors (Lipinski definition) is 6. The summed E-state index contributed by atoms with van der Waals surface area (Å²) in [5.41, 5.74) is 3.19. The molecule has 4 N–H and O–H groups in total. The predicted molar refractivity (Wildman–Crippen MR) is 64.8 cm³/mol. The number of nitrogen functional groups attached to an aromatic ring is 1. The molecule has 0 spiro atoms. The van der Waals surface area contributed by atoms with Crippen molar-refractivity contribution in [1.82, 2.24) is 14.9 Å². The van der Waals surface area contributed by atoms with Gasteiger partial charge < -0.3 is 10.9 Å². The monoisotopic (exact) mass is 246 g/mol. The van der Waals surface area contributed by atoms with Gasteiger partial charge in [0.1, 0.15) is 6.33 Å². The molecule has 0 aliphatic heterocycles. The van der Waals surface area contributed by atoms with E-state index in [-0.39, 0.29) is 11.5 Å². The van der Waals surface area contributed by atoms with E-state index in [1.807, 2.05) is 0 Å². The van der Waals surface area contributed by atoms with Crippen molar-refractivity contribution in [2.24, 2.45) is 5.10 Å². The van der Waals surface area contributed by atoms with E-state index in [0.717, 1.165) is 4.68 Å². The van der Waals surface area contributed by atoms with Crippen LogP contribution in [0.25, 0.3) is 0 Å². The first-order valence-corrected chi connectivity index (χ1v) is 4.95. The van der Waals surface area contributed by atoms with E-state index >= 15 is 0 Å². The van der Waals surface area contributed by atoms with Crippen molar-refractivity contribution in [2.75, 3.05) is 11.3 Å². The number of carboxylic acids is 1. The molecule has 8 heteroatoms. The van der Waals surface area contributed by atoms with Crippen LogP contribution in [0.4, 0.5) is 5.95 Å². The Kier molecular flexibility index (Phi) is 3.19. The molecule has 0 aliphatic rings. The summed E-state index contributed by atoms with van der Waals surface area (Å²) in [6.07, 6.45) is 2.68. The fourth-order valence-corrected chi connectivity index (χ4v) is 1.29. The molecule has 0 saturated carbocycles. The van der Waals surface area contributed by atoms with Crippen molar-refractivity contribution in [2.45, 2.75) is 0 Å². The average molecular weight is 246 g/mol. The van der Waals surface area contributed by atoms with Crippen molar-refractivity contribution >= 4 is 18.1 Å². The van der Waals surface area contributed by atoms with E-state index in [4.69, 9.17) is 10.9 Å². The summed E-state index contributed by atoms with van der Waals surface area (Å²) in [4.78, 5) is 10.9. The number of benzene rings is 1. The summed E-state index contributed by atoms with van der Waals surface area (Å²) >= 11 is 0. The van der Waals surface area contributed by atoms with Gasteiger partial charge in [0.25, 0.3) is 5.95 Å². The molecule has 1 heterocycles. The summed E-state index contributed by atoms with van der Waals surface area (Å²) in [6, 6.07) is 6.50. The van der Waals surface area contributed by atoms with Crippen molar-refractivity contribution in [1.29, 1.82) is 0 Å². The third kappa shape index (κ3) is 2.43. The van der Waals surface area contributed by atoms with Crippen LogP contribution in [0, 0.1) is 0 Å². The van der Waals surface area contributed by atoms with Crippen molar-refractivity contribution in [3.05, 3.63) is 41.7 Å². The minimum atomic E-state index is -1.01. The summed E-state index contributed by atoms with van der Waals surface area (Å²) in [5, 5.41) is 20.0. The molecule has 2 aromatic rings. The molecule has 0 amide bonds. The van der Waals surface area contributed by atoms with E-state index in [2.05, 4.69) is 20.7 Å². The van der Waals surface area contributed by atoms with Crippen LogP contribution in [-0.4, -0.2) is 32.2 Å². The number of nitrogens with zero attached hydrogens (tertiary/aromatic N) is 4. The maximum Gasteiger partial charge on any atom is 0.336 e.